The molecule has 1 heterocycles. The fourth-order valence-electron chi connectivity index (χ4n) is 4.16. The average Bonchev–Trinajstić information content (AvgIpc) is 2.74. The maximum atomic E-state index is 12.6. The number of aromatic nitrogens is 1. The van der Waals surface area contributed by atoms with Crippen LogP contribution < -0.4 is 5.32 Å². The van der Waals surface area contributed by atoms with Gasteiger partial charge in [0.1, 0.15) is 11.3 Å². The minimum Gasteiger partial charge on any atom is -0.506 e. The zero-order valence-electron chi connectivity index (χ0n) is 16.9. The van der Waals surface area contributed by atoms with E-state index < -0.39 is 0 Å². The normalized spacial score (nSPS) is 19.4. The van der Waals surface area contributed by atoms with Gasteiger partial charge in [-0.25, -0.2) is 0 Å². The molecule has 0 saturated heterocycles. The number of carbonyl (C=O) groups excluding carboxylic acids is 1. The van der Waals surface area contributed by atoms with Crippen LogP contribution in [0.15, 0.2) is 54.7 Å². The van der Waals surface area contributed by atoms with E-state index in [0.29, 0.717) is 17.1 Å². The number of benzene rings is 2. The Kier molecular flexibility index (Phi) is 5.49. The number of amides is 1. The van der Waals surface area contributed by atoms with Gasteiger partial charge >= 0.3 is 0 Å². The van der Waals surface area contributed by atoms with E-state index in [2.05, 4.69) is 29.3 Å². The van der Waals surface area contributed by atoms with Crippen molar-refractivity contribution in [2.75, 3.05) is 14.1 Å². The van der Waals surface area contributed by atoms with E-state index in [9.17, 15) is 9.90 Å². The third-order valence-corrected chi connectivity index (χ3v) is 5.93. The number of hydrogen-bond acceptors (Lipinski definition) is 4. The van der Waals surface area contributed by atoms with Crippen LogP contribution in [0.5, 0.6) is 5.75 Å². The summed E-state index contributed by atoms with van der Waals surface area (Å²) < 4.78 is 0. The molecule has 0 unspecified atom stereocenters. The number of rotatable bonds is 4. The molecule has 5 nitrogen and oxygen atoms in total. The summed E-state index contributed by atoms with van der Waals surface area (Å²) in [6.45, 7) is 0. The van der Waals surface area contributed by atoms with Crippen LogP contribution >= 0.6 is 0 Å². The van der Waals surface area contributed by atoms with Gasteiger partial charge in [-0.2, -0.15) is 0 Å². The first-order valence-corrected chi connectivity index (χ1v) is 10.2. The highest BCUT2D eigenvalue weighted by Gasteiger charge is 2.23. The number of pyridine rings is 1. The standard InChI is InChI=1S/C24H27N3O2/c1-27(2)21-11-9-20(10-12-21)26-24(29)17-7-5-16(6-8-17)19-14-18-4-3-13-25-23(18)22(28)15-19/h3-8,13-15,20-21,28H,9-12H2,1-2H3,(H,26,29)/t20-,21+. The molecular weight excluding hydrogens is 362 g/mol. The average molecular weight is 389 g/mol. The molecule has 4 rings (SSSR count). The first-order valence-electron chi connectivity index (χ1n) is 10.2. The van der Waals surface area contributed by atoms with Crippen LogP contribution in [0.1, 0.15) is 36.0 Å². The van der Waals surface area contributed by atoms with Crippen molar-refractivity contribution >= 4 is 16.8 Å². The highest BCUT2D eigenvalue weighted by atomic mass is 16.3. The summed E-state index contributed by atoms with van der Waals surface area (Å²) in [6.07, 6.45) is 5.96. The molecule has 29 heavy (non-hydrogen) atoms. The number of hydrogen-bond donors (Lipinski definition) is 2. The Balaban J connectivity index is 1.45. The lowest BCUT2D eigenvalue weighted by atomic mass is 9.90. The van der Waals surface area contributed by atoms with Gasteiger partial charge in [0.05, 0.1) is 0 Å². The number of phenols is 1. The Morgan fingerprint density at radius 3 is 2.45 bits per heavy atom. The van der Waals surface area contributed by atoms with Crippen molar-refractivity contribution < 1.29 is 9.90 Å². The maximum Gasteiger partial charge on any atom is 0.251 e. The van der Waals surface area contributed by atoms with Crippen molar-refractivity contribution in [3.8, 4) is 16.9 Å². The van der Waals surface area contributed by atoms with Crippen LogP contribution in [-0.4, -0.2) is 47.1 Å². The summed E-state index contributed by atoms with van der Waals surface area (Å²) in [6, 6.07) is 15.9. The molecule has 0 aliphatic heterocycles. The number of carbonyl (C=O) groups is 1. The van der Waals surface area contributed by atoms with Gasteiger partial charge in [0.2, 0.25) is 0 Å². The molecule has 2 N–H and O–H groups in total. The second-order valence-electron chi connectivity index (χ2n) is 8.09. The van der Waals surface area contributed by atoms with E-state index in [1.54, 1.807) is 12.3 Å². The molecule has 0 spiro atoms. The molecule has 0 radical (unpaired) electrons. The number of aromatic hydroxyl groups is 1. The molecule has 1 amide bonds. The largest absolute Gasteiger partial charge is 0.506 e. The van der Waals surface area contributed by atoms with Crippen LogP contribution in [0.4, 0.5) is 0 Å². The molecule has 3 aromatic rings. The molecule has 0 atom stereocenters. The van der Waals surface area contributed by atoms with Gasteiger partial charge in [-0.3, -0.25) is 9.78 Å². The fourth-order valence-corrected chi connectivity index (χ4v) is 4.16. The van der Waals surface area contributed by atoms with Crippen molar-refractivity contribution in [2.45, 2.75) is 37.8 Å². The van der Waals surface area contributed by atoms with Crippen LogP contribution in [0.3, 0.4) is 0 Å². The molecule has 150 valence electrons. The van der Waals surface area contributed by atoms with E-state index in [1.807, 2.05) is 42.5 Å². The van der Waals surface area contributed by atoms with Gasteiger partial charge in [-0.1, -0.05) is 18.2 Å². The zero-order chi connectivity index (χ0) is 20.4. The summed E-state index contributed by atoms with van der Waals surface area (Å²) >= 11 is 0. The van der Waals surface area contributed by atoms with Crippen molar-refractivity contribution in [2.24, 2.45) is 0 Å². The maximum absolute atomic E-state index is 12.6. The summed E-state index contributed by atoms with van der Waals surface area (Å²) in [5.41, 5.74) is 3.11. The van der Waals surface area contributed by atoms with Crippen molar-refractivity contribution in [3.05, 3.63) is 60.3 Å². The third kappa shape index (κ3) is 4.25. The number of phenolic OH excluding ortho intramolecular Hbond substituents is 1. The molecule has 1 saturated carbocycles. The Labute approximate surface area is 171 Å². The zero-order valence-corrected chi connectivity index (χ0v) is 16.9. The van der Waals surface area contributed by atoms with Crippen LogP contribution in [0.2, 0.25) is 0 Å². The van der Waals surface area contributed by atoms with E-state index in [-0.39, 0.29) is 17.7 Å². The lowest BCUT2D eigenvalue weighted by Crippen LogP contribution is -2.41. The van der Waals surface area contributed by atoms with Gasteiger partial charge in [0.25, 0.3) is 5.91 Å². The molecule has 1 aliphatic rings. The number of fused-ring (bicyclic) bond motifs is 1. The lowest BCUT2D eigenvalue weighted by Gasteiger charge is -2.33. The molecule has 1 fully saturated rings. The quantitative estimate of drug-likeness (QED) is 0.702. The summed E-state index contributed by atoms with van der Waals surface area (Å²) in [4.78, 5) is 19.1. The van der Waals surface area contributed by atoms with Gasteiger partial charge in [-0.05, 0) is 81.2 Å². The highest BCUT2D eigenvalue weighted by Crippen LogP contribution is 2.30. The van der Waals surface area contributed by atoms with Gasteiger partial charge < -0.3 is 15.3 Å². The smallest absolute Gasteiger partial charge is 0.251 e. The van der Waals surface area contributed by atoms with E-state index in [4.69, 9.17) is 0 Å². The van der Waals surface area contributed by atoms with Crippen molar-refractivity contribution in [1.82, 2.24) is 15.2 Å². The molecule has 0 bridgehead atoms. The Hall–Kier alpha value is -2.92. The molecule has 5 heteroatoms. The first kappa shape index (κ1) is 19.4. The molecular formula is C24H27N3O2. The Bertz CT molecular complexity index is 1010. The molecule has 1 aliphatic carbocycles. The van der Waals surface area contributed by atoms with Crippen molar-refractivity contribution in [1.29, 1.82) is 0 Å². The fraction of sp³-hybridized carbons (Fsp3) is 0.333. The van der Waals surface area contributed by atoms with Crippen LogP contribution in [0, 0.1) is 0 Å². The van der Waals surface area contributed by atoms with Gasteiger partial charge in [0, 0.05) is 29.2 Å². The Morgan fingerprint density at radius 1 is 1.03 bits per heavy atom. The Morgan fingerprint density at radius 2 is 1.76 bits per heavy atom. The van der Waals surface area contributed by atoms with E-state index in [0.717, 1.165) is 42.2 Å². The minimum atomic E-state index is -0.0181. The second-order valence-corrected chi connectivity index (χ2v) is 8.09. The second kappa shape index (κ2) is 8.21. The predicted molar refractivity (Wildman–Crippen MR) is 116 cm³/mol. The third-order valence-electron chi connectivity index (χ3n) is 5.93. The van der Waals surface area contributed by atoms with Crippen molar-refractivity contribution in [3.63, 3.8) is 0 Å². The summed E-state index contributed by atoms with van der Waals surface area (Å²) in [5.74, 6) is 0.142. The number of nitrogens with one attached hydrogen (secondary N) is 1. The van der Waals surface area contributed by atoms with Gasteiger partial charge in [-0.15, -0.1) is 0 Å². The molecule has 1 aromatic heterocycles. The topological polar surface area (TPSA) is 65.5 Å². The highest BCUT2D eigenvalue weighted by molar-refractivity contribution is 5.95. The van der Waals surface area contributed by atoms with Gasteiger partial charge in [0.15, 0.2) is 0 Å². The van der Waals surface area contributed by atoms with E-state index in [1.165, 1.54) is 0 Å². The van der Waals surface area contributed by atoms with Crippen LogP contribution in [0.25, 0.3) is 22.0 Å². The summed E-state index contributed by atoms with van der Waals surface area (Å²) in [7, 11) is 4.24. The molecule has 2 aromatic carbocycles. The first-order chi connectivity index (χ1) is 14.0. The monoisotopic (exact) mass is 389 g/mol. The minimum absolute atomic E-state index is 0.0181. The van der Waals surface area contributed by atoms with Crippen LogP contribution in [-0.2, 0) is 0 Å². The lowest BCUT2D eigenvalue weighted by molar-refractivity contribution is 0.0916. The predicted octanol–water partition coefficient (Wildman–Crippen LogP) is 4.21. The SMILES string of the molecule is CN(C)[C@H]1CC[C@@H](NC(=O)c2ccc(-c3cc(O)c4ncccc4c3)cc2)CC1. The number of nitrogens with zero attached hydrogens (tertiary/aromatic N) is 2. The summed E-state index contributed by atoms with van der Waals surface area (Å²) in [5, 5.41) is 14.3. The van der Waals surface area contributed by atoms with E-state index >= 15 is 0 Å².